The Morgan fingerprint density at radius 1 is 1.40 bits per heavy atom. The monoisotopic (exact) mass is 277 g/mol. The number of methoxy groups -OCH3 is 1. The van der Waals surface area contributed by atoms with Crippen molar-refractivity contribution in [1.29, 1.82) is 0 Å². The first kappa shape index (κ1) is 14.9. The fourth-order valence-corrected chi connectivity index (χ4v) is 2.82. The number of hydrogen-bond acceptors (Lipinski definition) is 3. The summed E-state index contributed by atoms with van der Waals surface area (Å²) in [5, 5.41) is 9.23. The molecule has 110 valence electrons. The Hall–Kier alpha value is -1.55. The predicted octanol–water partition coefficient (Wildman–Crippen LogP) is 3.16. The van der Waals surface area contributed by atoms with Crippen LogP contribution in [0.15, 0.2) is 18.2 Å². The van der Waals surface area contributed by atoms with Crippen molar-refractivity contribution in [3.63, 3.8) is 0 Å². The van der Waals surface area contributed by atoms with Crippen molar-refractivity contribution in [2.24, 2.45) is 0 Å². The largest absolute Gasteiger partial charge is 0.496 e. The lowest BCUT2D eigenvalue weighted by atomic mass is 10.1. The van der Waals surface area contributed by atoms with Gasteiger partial charge in [0.05, 0.1) is 7.11 Å². The molecule has 1 aromatic carbocycles. The van der Waals surface area contributed by atoms with Gasteiger partial charge in [0.25, 0.3) is 0 Å². The van der Waals surface area contributed by atoms with Crippen LogP contribution in [0.2, 0.25) is 0 Å². The number of carbonyl (C=O) groups is 1. The number of nitrogens with zero attached hydrogens (tertiary/aromatic N) is 1. The Balaban J connectivity index is 2.16. The maximum atomic E-state index is 11.3. The van der Waals surface area contributed by atoms with Crippen LogP contribution < -0.4 is 4.74 Å². The predicted molar refractivity (Wildman–Crippen MR) is 78.3 cm³/mol. The minimum absolute atomic E-state index is 0.243. The molecular weight excluding hydrogens is 254 g/mol. The summed E-state index contributed by atoms with van der Waals surface area (Å²) in [6.45, 7) is 4.16. The van der Waals surface area contributed by atoms with Crippen molar-refractivity contribution in [2.75, 3.05) is 13.7 Å². The standard InChI is InChI=1S/C16H23NO3/c1-12-6-4-3-5-9-17(12)11-13-7-8-15(20-2)14(10-13)16(18)19/h7-8,10,12H,3-6,9,11H2,1-2H3,(H,18,19). The minimum Gasteiger partial charge on any atom is -0.496 e. The number of carboxylic acids is 1. The van der Waals surface area contributed by atoms with E-state index < -0.39 is 5.97 Å². The molecule has 1 fully saturated rings. The van der Waals surface area contributed by atoms with Crippen LogP contribution in [0.1, 0.15) is 48.5 Å². The Labute approximate surface area is 120 Å². The van der Waals surface area contributed by atoms with Gasteiger partial charge < -0.3 is 9.84 Å². The summed E-state index contributed by atoms with van der Waals surface area (Å²) in [5.41, 5.74) is 1.28. The highest BCUT2D eigenvalue weighted by atomic mass is 16.5. The third-order valence-corrected chi connectivity index (χ3v) is 4.07. The lowest BCUT2D eigenvalue weighted by Gasteiger charge is -2.27. The zero-order valence-corrected chi connectivity index (χ0v) is 12.3. The van der Waals surface area contributed by atoms with Gasteiger partial charge in [0.15, 0.2) is 0 Å². The third-order valence-electron chi connectivity index (χ3n) is 4.07. The van der Waals surface area contributed by atoms with E-state index in [2.05, 4.69) is 11.8 Å². The molecule has 1 unspecified atom stereocenters. The second-order valence-electron chi connectivity index (χ2n) is 5.51. The number of benzene rings is 1. The van der Waals surface area contributed by atoms with Gasteiger partial charge >= 0.3 is 5.97 Å². The van der Waals surface area contributed by atoms with E-state index in [1.807, 2.05) is 6.07 Å². The molecule has 0 saturated carbocycles. The van der Waals surface area contributed by atoms with E-state index in [1.54, 1.807) is 12.1 Å². The van der Waals surface area contributed by atoms with Crippen LogP contribution in [0.4, 0.5) is 0 Å². The molecule has 1 heterocycles. The van der Waals surface area contributed by atoms with Crippen molar-refractivity contribution in [1.82, 2.24) is 4.90 Å². The molecule has 1 saturated heterocycles. The Morgan fingerprint density at radius 2 is 2.20 bits per heavy atom. The first-order valence-electron chi connectivity index (χ1n) is 7.26. The highest BCUT2D eigenvalue weighted by Gasteiger charge is 2.18. The van der Waals surface area contributed by atoms with Crippen molar-refractivity contribution in [2.45, 2.75) is 45.2 Å². The number of aromatic carboxylic acids is 1. The summed E-state index contributed by atoms with van der Waals surface area (Å²) < 4.78 is 5.10. The Morgan fingerprint density at radius 3 is 2.90 bits per heavy atom. The average Bonchev–Trinajstić information content (AvgIpc) is 2.64. The van der Waals surface area contributed by atoms with Crippen molar-refractivity contribution in [3.8, 4) is 5.75 Å². The summed E-state index contributed by atoms with van der Waals surface area (Å²) in [6, 6.07) is 6.01. The van der Waals surface area contributed by atoms with Gasteiger partial charge in [-0.2, -0.15) is 0 Å². The van der Waals surface area contributed by atoms with Gasteiger partial charge in [0.2, 0.25) is 0 Å². The molecular formula is C16H23NO3. The molecule has 0 aromatic heterocycles. The molecule has 4 nitrogen and oxygen atoms in total. The zero-order valence-electron chi connectivity index (χ0n) is 12.3. The minimum atomic E-state index is -0.937. The quantitative estimate of drug-likeness (QED) is 0.918. The summed E-state index contributed by atoms with van der Waals surface area (Å²) in [5.74, 6) is -0.516. The van der Waals surface area contributed by atoms with Crippen molar-refractivity contribution < 1.29 is 14.6 Å². The van der Waals surface area contributed by atoms with Crippen molar-refractivity contribution >= 4 is 5.97 Å². The molecule has 2 rings (SSSR count). The first-order valence-corrected chi connectivity index (χ1v) is 7.26. The topological polar surface area (TPSA) is 49.8 Å². The van der Waals surface area contributed by atoms with Crippen LogP contribution in [-0.2, 0) is 6.54 Å². The van der Waals surface area contributed by atoms with E-state index >= 15 is 0 Å². The number of ether oxygens (including phenoxy) is 1. The maximum Gasteiger partial charge on any atom is 0.339 e. The fourth-order valence-electron chi connectivity index (χ4n) is 2.82. The summed E-state index contributed by atoms with van der Waals surface area (Å²) in [7, 11) is 1.50. The molecule has 0 bridgehead atoms. The molecule has 4 heteroatoms. The third kappa shape index (κ3) is 3.51. The van der Waals surface area contributed by atoms with Crippen LogP contribution in [0, 0.1) is 0 Å². The van der Waals surface area contributed by atoms with Crippen LogP contribution in [0.5, 0.6) is 5.75 Å². The highest BCUT2D eigenvalue weighted by Crippen LogP contribution is 2.23. The van der Waals surface area contributed by atoms with E-state index in [0.29, 0.717) is 11.8 Å². The smallest absolute Gasteiger partial charge is 0.339 e. The van der Waals surface area contributed by atoms with E-state index in [-0.39, 0.29) is 5.56 Å². The maximum absolute atomic E-state index is 11.3. The normalized spacial score (nSPS) is 20.4. The van der Waals surface area contributed by atoms with E-state index in [9.17, 15) is 9.90 Å². The Bertz CT molecular complexity index is 473. The molecule has 1 atom stereocenters. The Kier molecular flexibility index (Phi) is 5.01. The zero-order chi connectivity index (χ0) is 14.5. The molecule has 0 spiro atoms. The number of carboxylic acid groups (broad SMARTS) is 1. The molecule has 1 N–H and O–H groups in total. The molecule has 0 radical (unpaired) electrons. The van der Waals surface area contributed by atoms with Gasteiger partial charge in [-0.3, -0.25) is 4.90 Å². The number of rotatable bonds is 4. The van der Waals surface area contributed by atoms with Crippen LogP contribution >= 0.6 is 0 Å². The van der Waals surface area contributed by atoms with Gasteiger partial charge in [0, 0.05) is 12.6 Å². The summed E-state index contributed by atoms with van der Waals surface area (Å²) in [4.78, 5) is 13.7. The molecule has 20 heavy (non-hydrogen) atoms. The molecule has 1 aromatic rings. The lowest BCUT2D eigenvalue weighted by molar-refractivity contribution is 0.0693. The van der Waals surface area contributed by atoms with Gasteiger partial charge in [-0.1, -0.05) is 18.9 Å². The van der Waals surface area contributed by atoms with E-state index in [1.165, 1.54) is 32.8 Å². The van der Waals surface area contributed by atoms with Gasteiger partial charge in [-0.25, -0.2) is 4.79 Å². The van der Waals surface area contributed by atoms with Crippen LogP contribution in [0.3, 0.4) is 0 Å². The second kappa shape index (κ2) is 6.75. The summed E-state index contributed by atoms with van der Waals surface area (Å²) >= 11 is 0. The van der Waals surface area contributed by atoms with Crippen LogP contribution in [-0.4, -0.2) is 35.7 Å². The molecule has 1 aliphatic heterocycles. The van der Waals surface area contributed by atoms with Crippen molar-refractivity contribution in [3.05, 3.63) is 29.3 Å². The van der Waals surface area contributed by atoms with Gasteiger partial charge in [-0.05, 0) is 44.0 Å². The molecule has 0 amide bonds. The SMILES string of the molecule is COc1ccc(CN2CCCCCC2C)cc1C(=O)O. The number of likely N-dealkylation sites (tertiary alicyclic amines) is 1. The van der Waals surface area contributed by atoms with E-state index in [4.69, 9.17) is 4.74 Å². The second-order valence-corrected chi connectivity index (χ2v) is 5.51. The summed E-state index contributed by atoms with van der Waals surface area (Å²) in [6.07, 6.45) is 5.04. The van der Waals surface area contributed by atoms with E-state index in [0.717, 1.165) is 18.7 Å². The van der Waals surface area contributed by atoms with Gasteiger partial charge in [-0.15, -0.1) is 0 Å². The fraction of sp³-hybridized carbons (Fsp3) is 0.562. The van der Waals surface area contributed by atoms with Gasteiger partial charge in [0.1, 0.15) is 11.3 Å². The molecule has 0 aliphatic carbocycles. The molecule has 1 aliphatic rings. The lowest BCUT2D eigenvalue weighted by Crippen LogP contribution is -2.32. The highest BCUT2D eigenvalue weighted by molar-refractivity contribution is 5.91. The number of hydrogen-bond donors (Lipinski definition) is 1. The van der Waals surface area contributed by atoms with Crippen LogP contribution in [0.25, 0.3) is 0 Å². The first-order chi connectivity index (χ1) is 9.61. The average molecular weight is 277 g/mol.